The lowest BCUT2D eigenvalue weighted by atomic mass is 10.1. The maximum Gasteiger partial charge on any atom is 0.281 e. The Labute approximate surface area is 121 Å². The highest BCUT2D eigenvalue weighted by Crippen LogP contribution is 2.40. The van der Waals surface area contributed by atoms with Gasteiger partial charge in [0.2, 0.25) is 5.28 Å². The van der Waals surface area contributed by atoms with Crippen LogP contribution >= 0.6 is 11.6 Å². The summed E-state index contributed by atoms with van der Waals surface area (Å²) in [6, 6.07) is 0. The molecule has 5 N–H and O–H groups in total. The van der Waals surface area contributed by atoms with Crippen LogP contribution in [0.4, 0.5) is 10.2 Å². The van der Waals surface area contributed by atoms with E-state index in [2.05, 4.69) is 15.0 Å². The van der Waals surface area contributed by atoms with Gasteiger partial charge in [0.15, 0.2) is 17.7 Å². The zero-order chi connectivity index (χ0) is 15.4. The number of ether oxygens (including phenoxy) is 1. The van der Waals surface area contributed by atoms with Gasteiger partial charge in [0.1, 0.15) is 17.7 Å². The number of alkyl halides is 1. The first-order valence-electron chi connectivity index (χ1n) is 5.87. The maximum absolute atomic E-state index is 14.3. The molecule has 11 heteroatoms. The molecule has 0 spiro atoms. The second-order valence-corrected chi connectivity index (χ2v) is 4.92. The molecule has 0 unspecified atom stereocenters. The lowest BCUT2D eigenvalue weighted by Gasteiger charge is -2.23. The van der Waals surface area contributed by atoms with Crippen molar-refractivity contribution >= 4 is 28.6 Å². The number of aliphatic hydroxyl groups excluding tert-OH is 2. The van der Waals surface area contributed by atoms with Gasteiger partial charge in [-0.1, -0.05) is 0 Å². The van der Waals surface area contributed by atoms with Crippen molar-refractivity contribution in [2.24, 2.45) is 0 Å². The summed E-state index contributed by atoms with van der Waals surface area (Å²) in [5, 5.41) is 28.3. The van der Waals surface area contributed by atoms with Crippen molar-refractivity contribution in [3.05, 3.63) is 11.6 Å². The van der Waals surface area contributed by atoms with Crippen LogP contribution in [0, 0.1) is 0 Å². The number of aliphatic hydroxyl groups is 3. The molecule has 9 nitrogen and oxygen atoms in total. The van der Waals surface area contributed by atoms with E-state index in [-0.39, 0.29) is 22.3 Å². The number of nitrogens with two attached hydrogens (primary N) is 1. The molecule has 21 heavy (non-hydrogen) atoms. The zero-order valence-corrected chi connectivity index (χ0v) is 11.1. The summed E-state index contributed by atoms with van der Waals surface area (Å²) < 4.78 is 20.5. The van der Waals surface area contributed by atoms with Gasteiger partial charge in [-0.15, -0.1) is 0 Å². The number of hydrogen-bond acceptors (Lipinski definition) is 8. The van der Waals surface area contributed by atoms with Crippen molar-refractivity contribution in [2.75, 3.05) is 12.3 Å². The quantitative estimate of drug-likeness (QED) is 0.515. The molecule has 0 aromatic carbocycles. The molecule has 2 aromatic rings. The molecule has 1 aliphatic rings. The lowest BCUT2D eigenvalue weighted by molar-refractivity contribution is -0.195. The minimum atomic E-state index is -3.15. The van der Waals surface area contributed by atoms with Crippen LogP contribution in [0.5, 0.6) is 0 Å². The molecule has 2 aromatic heterocycles. The van der Waals surface area contributed by atoms with Crippen molar-refractivity contribution in [2.45, 2.75) is 24.3 Å². The number of nitrogens with zero attached hydrogens (tertiary/aromatic N) is 4. The standard InChI is InChI=1S/C10H11ClFN5O4/c11-9-15-6(13)4-7(16-9)17(2-14-4)8-10(12,20)5(19)3(1-18)21-8/h2-3,5,8,18-20H,1H2,(H2,13,15,16)/t3-,5-,8-,10+/m1/s1. The van der Waals surface area contributed by atoms with Crippen LogP contribution < -0.4 is 5.73 Å². The van der Waals surface area contributed by atoms with Gasteiger partial charge in [0, 0.05) is 0 Å². The number of anilines is 1. The fourth-order valence-corrected chi connectivity index (χ4v) is 2.40. The zero-order valence-electron chi connectivity index (χ0n) is 10.4. The molecule has 0 radical (unpaired) electrons. The first-order valence-corrected chi connectivity index (χ1v) is 6.25. The lowest BCUT2D eigenvalue weighted by Crippen LogP contribution is -2.43. The fraction of sp³-hybridized carbons (Fsp3) is 0.500. The SMILES string of the molecule is Nc1nc(Cl)nc2c1ncn2[C@@H]1O[C@H](CO)[C@@H](O)[C@@]1(O)F. The summed E-state index contributed by atoms with van der Waals surface area (Å²) in [4.78, 5) is 11.4. The average molecular weight is 320 g/mol. The largest absolute Gasteiger partial charge is 0.394 e. The third-order valence-corrected chi connectivity index (χ3v) is 3.44. The third-order valence-electron chi connectivity index (χ3n) is 3.27. The first kappa shape index (κ1) is 14.4. The Hall–Kier alpha value is -1.59. The molecule has 3 heterocycles. The number of nitrogen functional groups attached to an aromatic ring is 1. The molecule has 1 fully saturated rings. The van der Waals surface area contributed by atoms with Crippen LogP contribution in [0.1, 0.15) is 6.23 Å². The highest BCUT2D eigenvalue weighted by atomic mass is 35.5. The van der Waals surface area contributed by atoms with Crippen LogP contribution in [0.3, 0.4) is 0 Å². The molecule has 0 bridgehead atoms. The van der Waals surface area contributed by atoms with E-state index in [0.29, 0.717) is 0 Å². The van der Waals surface area contributed by atoms with Gasteiger partial charge in [-0.25, -0.2) is 9.37 Å². The van der Waals surface area contributed by atoms with Crippen molar-refractivity contribution < 1.29 is 24.4 Å². The minimum Gasteiger partial charge on any atom is -0.394 e. The smallest absolute Gasteiger partial charge is 0.281 e. The normalized spacial score (nSPS) is 32.9. The van der Waals surface area contributed by atoms with Crippen LogP contribution in [0.15, 0.2) is 6.33 Å². The number of halogens is 2. The molecule has 0 saturated carbocycles. The van der Waals surface area contributed by atoms with Gasteiger partial charge in [0.05, 0.1) is 12.9 Å². The molecule has 4 atom stereocenters. The molecule has 1 saturated heterocycles. The summed E-state index contributed by atoms with van der Waals surface area (Å²) in [6.45, 7) is -0.672. The van der Waals surface area contributed by atoms with Gasteiger partial charge >= 0.3 is 0 Å². The highest BCUT2D eigenvalue weighted by Gasteiger charge is 2.57. The van der Waals surface area contributed by atoms with Gasteiger partial charge < -0.3 is 25.8 Å². The van der Waals surface area contributed by atoms with E-state index in [1.54, 1.807) is 0 Å². The predicted octanol–water partition coefficient (Wildman–Crippen LogP) is -1.03. The maximum atomic E-state index is 14.3. The van der Waals surface area contributed by atoms with Crippen molar-refractivity contribution in [1.29, 1.82) is 0 Å². The third kappa shape index (κ3) is 2.03. The van der Waals surface area contributed by atoms with Crippen LogP contribution in [0.25, 0.3) is 11.2 Å². The first-order chi connectivity index (χ1) is 9.86. The number of hydrogen-bond donors (Lipinski definition) is 4. The van der Waals surface area contributed by atoms with Gasteiger partial charge in [-0.05, 0) is 11.6 Å². The van der Waals surface area contributed by atoms with Crippen molar-refractivity contribution in [1.82, 2.24) is 19.5 Å². The summed E-state index contributed by atoms with van der Waals surface area (Å²) >= 11 is 5.69. The van der Waals surface area contributed by atoms with Crippen molar-refractivity contribution in [3.63, 3.8) is 0 Å². The number of imidazole rings is 1. The molecule has 0 amide bonds. The number of rotatable bonds is 2. The summed E-state index contributed by atoms with van der Waals surface area (Å²) in [5.41, 5.74) is 5.79. The second-order valence-electron chi connectivity index (χ2n) is 4.58. The molecule has 3 rings (SSSR count). The van der Waals surface area contributed by atoms with Crippen LogP contribution in [-0.2, 0) is 4.74 Å². The molecule has 1 aliphatic heterocycles. The van der Waals surface area contributed by atoms with E-state index in [1.807, 2.05) is 0 Å². The van der Waals surface area contributed by atoms with Gasteiger partial charge in [-0.2, -0.15) is 9.97 Å². The monoisotopic (exact) mass is 319 g/mol. The summed E-state index contributed by atoms with van der Waals surface area (Å²) in [6.07, 6.45) is -3.77. The molecular formula is C10H11ClFN5O4. The Kier molecular flexibility index (Phi) is 3.22. The Morgan fingerprint density at radius 3 is 2.86 bits per heavy atom. The number of fused-ring (bicyclic) bond motifs is 1. The van der Waals surface area contributed by atoms with E-state index < -0.39 is 30.9 Å². The number of aromatic nitrogens is 4. The Morgan fingerprint density at radius 1 is 1.52 bits per heavy atom. The fourth-order valence-electron chi connectivity index (χ4n) is 2.23. The average Bonchev–Trinajstić information content (AvgIpc) is 2.91. The Balaban J connectivity index is 2.13. The summed E-state index contributed by atoms with van der Waals surface area (Å²) in [7, 11) is 0. The Bertz CT molecular complexity index is 695. The summed E-state index contributed by atoms with van der Waals surface area (Å²) in [5.74, 6) is -3.17. The topological polar surface area (TPSA) is 140 Å². The van der Waals surface area contributed by atoms with E-state index in [1.165, 1.54) is 0 Å². The van der Waals surface area contributed by atoms with E-state index in [0.717, 1.165) is 10.9 Å². The van der Waals surface area contributed by atoms with Crippen LogP contribution in [-0.4, -0.2) is 59.5 Å². The highest BCUT2D eigenvalue weighted by molar-refractivity contribution is 6.28. The predicted molar refractivity (Wildman–Crippen MR) is 67.8 cm³/mol. The Morgan fingerprint density at radius 2 is 2.24 bits per heavy atom. The molecular weight excluding hydrogens is 309 g/mol. The van der Waals surface area contributed by atoms with E-state index in [9.17, 15) is 14.6 Å². The second kappa shape index (κ2) is 4.71. The van der Waals surface area contributed by atoms with Gasteiger partial charge in [0.25, 0.3) is 5.85 Å². The molecule has 0 aliphatic carbocycles. The van der Waals surface area contributed by atoms with Crippen LogP contribution in [0.2, 0.25) is 5.28 Å². The molecule has 114 valence electrons. The van der Waals surface area contributed by atoms with E-state index >= 15 is 0 Å². The van der Waals surface area contributed by atoms with E-state index in [4.69, 9.17) is 27.2 Å². The van der Waals surface area contributed by atoms with Crippen molar-refractivity contribution in [3.8, 4) is 0 Å². The minimum absolute atomic E-state index is 0.0246. The van der Waals surface area contributed by atoms with Gasteiger partial charge in [-0.3, -0.25) is 4.57 Å².